The standard InChI is InChI=1S/C10H20O3S/c1-8(2)4-6-13-10(12)9(11)5-7-14-3/h8-9,11H,4-7H2,1-3H3/t9-/m0/s1. The van der Waals surface area contributed by atoms with Crippen molar-refractivity contribution >= 4 is 17.7 Å². The molecule has 0 fully saturated rings. The van der Waals surface area contributed by atoms with Gasteiger partial charge < -0.3 is 9.84 Å². The van der Waals surface area contributed by atoms with Crippen molar-refractivity contribution in [2.45, 2.75) is 32.8 Å². The summed E-state index contributed by atoms with van der Waals surface area (Å²) in [4.78, 5) is 11.1. The minimum Gasteiger partial charge on any atom is -0.464 e. The molecule has 0 aliphatic heterocycles. The fraction of sp³-hybridized carbons (Fsp3) is 0.900. The summed E-state index contributed by atoms with van der Waals surface area (Å²) in [5.74, 6) is 0.811. The summed E-state index contributed by atoms with van der Waals surface area (Å²) in [6.45, 7) is 4.54. The number of hydrogen-bond acceptors (Lipinski definition) is 4. The zero-order chi connectivity index (χ0) is 11.0. The van der Waals surface area contributed by atoms with Crippen molar-refractivity contribution in [2.75, 3.05) is 18.6 Å². The SMILES string of the molecule is CSCC[C@H](O)C(=O)OCCC(C)C. The molecule has 1 atom stereocenters. The van der Waals surface area contributed by atoms with Crippen LogP contribution in [0.15, 0.2) is 0 Å². The van der Waals surface area contributed by atoms with E-state index < -0.39 is 12.1 Å². The molecule has 4 heteroatoms. The monoisotopic (exact) mass is 220 g/mol. The van der Waals surface area contributed by atoms with E-state index in [4.69, 9.17) is 4.74 Å². The lowest BCUT2D eigenvalue weighted by Gasteiger charge is -2.10. The lowest BCUT2D eigenvalue weighted by Crippen LogP contribution is -2.24. The highest BCUT2D eigenvalue weighted by molar-refractivity contribution is 7.98. The van der Waals surface area contributed by atoms with E-state index in [-0.39, 0.29) is 0 Å². The highest BCUT2D eigenvalue weighted by Gasteiger charge is 2.15. The van der Waals surface area contributed by atoms with Crippen LogP contribution in [0.3, 0.4) is 0 Å². The average Bonchev–Trinajstić information content (AvgIpc) is 2.13. The molecule has 0 rings (SSSR count). The second-order valence-electron chi connectivity index (χ2n) is 3.65. The summed E-state index contributed by atoms with van der Waals surface area (Å²) in [5, 5.41) is 9.33. The quantitative estimate of drug-likeness (QED) is 0.663. The maximum atomic E-state index is 11.1. The van der Waals surface area contributed by atoms with Gasteiger partial charge in [-0.15, -0.1) is 0 Å². The van der Waals surface area contributed by atoms with Gasteiger partial charge in [0.1, 0.15) is 0 Å². The van der Waals surface area contributed by atoms with Crippen LogP contribution in [0.5, 0.6) is 0 Å². The van der Waals surface area contributed by atoms with E-state index in [0.29, 0.717) is 18.9 Å². The second kappa shape index (κ2) is 8.12. The molecule has 0 aromatic rings. The topological polar surface area (TPSA) is 46.5 Å². The van der Waals surface area contributed by atoms with Crippen LogP contribution < -0.4 is 0 Å². The van der Waals surface area contributed by atoms with Crippen LogP contribution in [-0.4, -0.2) is 35.8 Å². The fourth-order valence-electron chi connectivity index (χ4n) is 0.839. The number of rotatable bonds is 7. The van der Waals surface area contributed by atoms with Gasteiger partial charge in [0.2, 0.25) is 0 Å². The Bertz CT molecular complexity index is 159. The molecule has 0 saturated heterocycles. The third-order valence-electron chi connectivity index (χ3n) is 1.81. The van der Waals surface area contributed by atoms with E-state index in [1.807, 2.05) is 6.26 Å². The van der Waals surface area contributed by atoms with E-state index in [1.54, 1.807) is 11.8 Å². The maximum Gasteiger partial charge on any atom is 0.334 e. The lowest BCUT2D eigenvalue weighted by molar-refractivity contribution is -0.153. The molecule has 0 aliphatic rings. The summed E-state index contributed by atoms with van der Waals surface area (Å²) in [5.41, 5.74) is 0. The normalized spacial score (nSPS) is 12.9. The highest BCUT2D eigenvalue weighted by atomic mass is 32.2. The lowest BCUT2D eigenvalue weighted by atomic mass is 10.1. The van der Waals surface area contributed by atoms with E-state index in [1.165, 1.54) is 0 Å². The smallest absolute Gasteiger partial charge is 0.334 e. The van der Waals surface area contributed by atoms with Crippen molar-refractivity contribution in [3.05, 3.63) is 0 Å². The largest absolute Gasteiger partial charge is 0.464 e. The third kappa shape index (κ3) is 7.21. The molecule has 0 aromatic carbocycles. The summed E-state index contributed by atoms with van der Waals surface area (Å²) in [6.07, 6.45) is 2.31. The molecule has 1 N–H and O–H groups in total. The van der Waals surface area contributed by atoms with Gasteiger partial charge in [0.15, 0.2) is 6.10 Å². The van der Waals surface area contributed by atoms with Crippen LogP contribution >= 0.6 is 11.8 Å². The van der Waals surface area contributed by atoms with Gasteiger partial charge in [-0.3, -0.25) is 0 Å². The van der Waals surface area contributed by atoms with Crippen molar-refractivity contribution < 1.29 is 14.6 Å². The number of aliphatic hydroxyl groups excluding tert-OH is 1. The predicted octanol–water partition coefficient (Wildman–Crippen LogP) is 1.69. The Hall–Kier alpha value is -0.220. The van der Waals surface area contributed by atoms with Gasteiger partial charge in [0, 0.05) is 0 Å². The van der Waals surface area contributed by atoms with Crippen LogP contribution in [-0.2, 0) is 9.53 Å². The molecule has 0 radical (unpaired) electrons. The summed E-state index contributed by atoms with van der Waals surface area (Å²) in [6, 6.07) is 0. The molecule has 0 aliphatic carbocycles. The predicted molar refractivity (Wildman–Crippen MR) is 59.4 cm³/mol. The number of carbonyl (C=O) groups excluding carboxylic acids is 1. The summed E-state index contributed by atoms with van der Waals surface area (Å²) in [7, 11) is 0. The molecule has 3 nitrogen and oxygen atoms in total. The Morgan fingerprint density at radius 2 is 2.07 bits per heavy atom. The molecule has 0 amide bonds. The number of carbonyl (C=O) groups is 1. The van der Waals surface area contributed by atoms with Crippen LogP contribution in [0.4, 0.5) is 0 Å². The molecule has 84 valence electrons. The minimum atomic E-state index is -0.949. The first-order chi connectivity index (χ1) is 6.57. The summed E-state index contributed by atoms with van der Waals surface area (Å²) >= 11 is 1.61. The number of esters is 1. The van der Waals surface area contributed by atoms with Gasteiger partial charge in [-0.25, -0.2) is 4.79 Å². The van der Waals surface area contributed by atoms with Crippen LogP contribution in [0, 0.1) is 5.92 Å². The van der Waals surface area contributed by atoms with Crippen molar-refractivity contribution in [1.82, 2.24) is 0 Å². The zero-order valence-corrected chi connectivity index (χ0v) is 9.97. The first-order valence-corrected chi connectivity index (χ1v) is 6.31. The third-order valence-corrected chi connectivity index (χ3v) is 2.45. The Kier molecular flexibility index (Phi) is 7.99. The molecule has 0 bridgehead atoms. The molecular weight excluding hydrogens is 200 g/mol. The van der Waals surface area contributed by atoms with Gasteiger partial charge in [-0.1, -0.05) is 13.8 Å². The Balaban J connectivity index is 3.52. The van der Waals surface area contributed by atoms with Gasteiger partial charge >= 0.3 is 5.97 Å². The van der Waals surface area contributed by atoms with E-state index in [2.05, 4.69) is 13.8 Å². The van der Waals surface area contributed by atoms with Crippen LogP contribution in [0.1, 0.15) is 26.7 Å². The van der Waals surface area contributed by atoms with Crippen LogP contribution in [0.2, 0.25) is 0 Å². The fourth-order valence-corrected chi connectivity index (χ4v) is 1.30. The molecule has 0 saturated carbocycles. The van der Waals surface area contributed by atoms with Gasteiger partial charge in [-0.05, 0) is 30.8 Å². The number of hydrogen-bond donors (Lipinski definition) is 1. The van der Waals surface area contributed by atoms with E-state index >= 15 is 0 Å². The molecule has 14 heavy (non-hydrogen) atoms. The maximum absolute atomic E-state index is 11.1. The average molecular weight is 220 g/mol. The molecule has 0 aromatic heterocycles. The molecule has 0 unspecified atom stereocenters. The van der Waals surface area contributed by atoms with Crippen molar-refractivity contribution in [2.24, 2.45) is 5.92 Å². The number of thioether (sulfide) groups is 1. The van der Waals surface area contributed by atoms with Crippen LogP contribution in [0.25, 0.3) is 0 Å². The number of ether oxygens (including phenoxy) is 1. The Morgan fingerprint density at radius 1 is 1.43 bits per heavy atom. The minimum absolute atomic E-state index is 0.410. The van der Waals surface area contributed by atoms with Gasteiger partial charge in [0.25, 0.3) is 0 Å². The second-order valence-corrected chi connectivity index (χ2v) is 4.63. The summed E-state index contributed by atoms with van der Waals surface area (Å²) < 4.78 is 4.91. The highest BCUT2D eigenvalue weighted by Crippen LogP contribution is 2.04. The van der Waals surface area contributed by atoms with Crippen molar-refractivity contribution in [3.63, 3.8) is 0 Å². The van der Waals surface area contributed by atoms with E-state index in [0.717, 1.165) is 12.2 Å². The Morgan fingerprint density at radius 3 is 2.57 bits per heavy atom. The number of aliphatic hydroxyl groups is 1. The van der Waals surface area contributed by atoms with Gasteiger partial charge in [-0.2, -0.15) is 11.8 Å². The Labute approximate surface area is 90.2 Å². The molecular formula is C10H20O3S. The molecule has 0 heterocycles. The first-order valence-electron chi connectivity index (χ1n) is 4.91. The van der Waals surface area contributed by atoms with Gasteiger partial charge in [0.05, 0.1) is 6.61 Å². The van der Waals surface area contributed by atoms with Crippen molar-refractivity contribution in [1.29, 1.82) is 0 Å². The first kappa shape index (κ1) is 13.8. The molecule has 0 spiro atoms. The van der Waals surface area contributed by atoms with Crippen molar-refractivity contribution in [3.8, 4) is 0 Å². The zero-order valence-electron chi connectivity index (χ0n) is 9.16. The van der Waals surface area contributed by atoms with E-state index in [9.17, 15) is 9.90 Å².